The second kappa shape index (κ2) is 14.1. The van der Waals surface area contributed by atoms with Gasteiger partial charge in [-0.25, -0.2) is 9.97 Å². The lowest BCUT2D eigenvalue weighted by Crippen LogP contribution is -2.36. The largest absolute Gasteiger partial charge is 0.310 e. The van der Waals surface area contributed by atoms with Gasteiger partial charge in [0.2, 0.25) is 0 Å². The molecule has 1 aliphatic carbocycles. The molecule has 0 unspecified atom stereocenters. The molecule has 0 N–H and O–H groups in total. The van der Waals surface area contributed by atoms with E-state index in [0.29, 0.717) is 5.82 Å². The molecule has 0 radical (unpaired) electrons. The van der Waals surface area contributed by atoms with Crippen LogP contribution in [0.15, 0.2) is 224 Å². The number of nitrogens with zero attached hydrogens (tertiary/aromatic N) is 3. The molecule has 294 valence electrons. The van der Waals surface area contributed by atoms with Crippen LogP contribution in [0.25, 0.3) is 76.3 Å². The molecule has 2 aliphatic rings. The van der Waals surface area contributed by atoms with E-state index in [9.17, 15) is 0 Å². The molecule has 9 aromatic carbocycles. The molecule has 63 heavy (non-hydrogen) atoms. The van der Waals surface area contributed by atoms with Crippen molar-refractivity contribution in [3.05, 3.63) is 247 Å². The molecule has 3 nitrogen and oxygen atoms in total. The highest BCUT2D eigenvalue weighted by Crippen LogP contribution is 2.63. The summed E-state index contributed by atoms with van der Waals surface area (Å²) in [6.07, 6.45) is 0. The summed E-state index contributed by atoms with van der Waals surface area (Å²) in [6.45, 7) is 0. The summed E-state index contributed by atoms with van der Waals surface area (Å²) >= 11 is 1.83. The smallest absolute Gasteiger partial charge is 0.160 e. The van der Waals surface area contributed by atoms with Crippen molar-refractivity contribution in [3.63, 3.8) is 0 Å². The van der Waals surface area contributed by atoms with Crippen LogP contribution in [0.5, 0.6) is 0 Å². The highest BCUT2D eigenvalue weighted by molar-refractivity contribution is 7.25. The third-order valence-corrected chi connectivity index (χ3v) is 14.3. The number of para-hydroxylation sites is 2. The average molecular weight is 820 g/mol. The molecular weight excluding hydrogens is 783 g/mol. The Morgan fingerprint density at radius 1 is 0.349 bits per heavy atom. The van der Waals surface area contributed by atoms with Gasteiger partial charge in [-0.3, -0.25) is 0 Å². The summed E-state index contributed by atoms with van der Waals surface area (Å²) in [5.41, 5.74) is 18.2. The van der Waals surface area contributed by atoms with Gasteiger partial charge in [-0.1, -0.05) is 182 Å². The molecule has 1 aliphatic heterocycles. The van der Waals surface area contributed by atoms with Crippen molar-refractivity contribution in [3.8, 4) is 56.2 Å². The monoisotopic (exact) mass is 819 g/mol. The van der Waals surface area contributed by atoms with Crippen molar-refractivity contribution in [1.29, 1.82) is 0 Å². The molecular formula is C59H37N3S. The van der Waals surface area contributed by atoms with Crippen LogP contribution in [-0.2, 0) is 5.41 Å². The molecule has 0 saturated heterocycles. The van der Waals surface area contributed by atoms with Gasteiger partial charge in [0.05, 0.1) is 28.2 Å². The van der Waals surface area contributed by atoms with Crippen LogP contribution >= 0.6 is 11.3 Å². The zero-order valence-electron chi connectivity index (χ0n) is 34.1. The van der Waals surface area contributed by atoms with Gasteiger partial charge in [-0.15, -0.1) is 11.3 Å². The number of hydrogen-bond donors (Lipinski definition) is 0. The van der Waals surface area contributed by atoms with Crippen molar-refractivity contribution in [2.24, 2.45) is 0 Å². The van der Waals surface area contributed by atoms with Crippen molar-refractivity contribution < 1.29 is 0 Å². The normalized spacial score (nSPS) is 13.2. The molecule has 0 atom stereocenters. The number of anilines is 3. The van der Waals surface area contributed by atoms with Crippen LogP contribution in [0.3, 0.4) is 0 Å². The fraction of sp³-hybridized carbons (Fsp3) is 0.0169. The van der Waals surface area contributed by atoms with Crippen LogP contribution < -0.4 is 4.90 Å². The van der Waals surface area contributed by atoms with E-state index in [-0.39, 0.29) is 0 Å². The minimum Gasteiger partial charge on any atom is -0.310 e. The minimum atomic E-state index is -0.420. The molecule has 11 aromatic rings. The van der Waals surface area contributed by atoms with E-state index in [1.165, 1.54) is 64.9 Å². The maximum absolute atomic E-state index is 5.20. The zero-order valence-corrected chi connectivity index (χ0v) is 34.9. The first kappa shape index (κ1) is 35.8. The zero-order chi connectivity index (χ0) is 41.5. The fourth-order valence-corrected chi connectivity index (χ4v) is 11.5. The Kier molecular flexibility index (Phi) is 7.99. The molecule has 2 aromatic heterocycles. The maximum Gasteiger partial charge on any atom is 0.160 e. The lowest BCUT2D eigenvalue weighted by molar-refractivity contribution is 0.752. The Balaban J connectivity index is 0.864. The molecule has 0 bridgehead atoms. The Bertz CT molecular complexity index is 3480. The van der Waals surface area contributed by atoms with Crippen LogP contribution in [0.2, 0.25) is 0 Å². The lowest BCUT2D eigenvalue weighted by atomic mass is 9.64. The van der Waals surface area contributed by atoms with Crippen LogP contribution in [0.4, 0.5) is 17.1 Å². The second-order valence-electron chi connectivity index (χ2n) is 16.5. The number of aromatic nitrogens is 2. The fourth-order valence-electron chi connectivity index (χ4n) is 10.3. The SMILES string of the molecule is c1ccc(-c2cc(-c3ccc4c(c3)sc3ccccc34)nc(-c3ccc(-c4ccc(N5c6ccccc6C6(c7ccccc7-c7ccccc76)c6ccccc65)cc4)cc3)n2)cc1. The van der Waals surface area contributed by atoms with Crippen molar-refractivity contribution in [2.45, 2.75) is 5.41 Å². The van der Waals surface area contributed by atoms with Crippen LogP contribution in [0.1, 0.15) is 22.3 Å². The highest BCUT2D eigenvalue weighted by atomic mass is 32.1. The topological polar surface area (TPSA) is 29.0 Å². The highest BCUT2D eigenvalue weighted by Gasteiger charge is 2.51. The van der Waals surface area contributed by atoms with Gasteiger partial charge in [-0.2, -0.15) is 0 Å². The van der Waals surface area contributed by atoms with E-state index >= 15 is 0 Å². The molecule has 0 fully saturated rings. The molecule has 0 saturated carbocycles. The van der Waals surface area contributed by atoms with E-state index in [2.05, 4.69) is 223 Å². The van der Waals surface area contributed by atoms with Crippen LogP contribution in [-0.4, -0.2) is 9.97 Å². The van der Waals surface area contributed by atoms with E-state index in [4.69, 9.17) is 9.97 Å². The van der Waals surface area contributed by atoms with Gasteiger partial charge in [0.1, 0.15) is 0 Å². The van der Waals surface area contributed by atoms with Gasteiger partial charge in [0, 0.05) is 42.6 Å². The summed E-state index contributed by atoms with van der Waals surface area (Å²) in [5, 5.41) is 2.57. The summed E-state index contributed by atoms with van der Waals surface area (Å²) < 4.78 is 2.55. The molecule has 0 amide bonds. The van der Waals surface area contributed by atoms with Gasteiger partial charge in [0.25, 0.3) is 0 Å². The van der Waals surface area contributed by atoms with E-state index in [0.717, 1.165) is 44.9 Å². The average Bonchev–Trinajstić information content (AvgIpc) is 3.88. The standard InChI is InChI=1S/C59H37N3S/c1-2-14-40(15-3-1)52-37-53(42-32-35-47-46-18-6-13-25-56(46)63-57(47)36-42)61-58(60-52)41-28-26-38(27-29-41)39-30-33-43(34-31-39)62-54-23-11-9-21-50(54)59(51-22-10-12-24-55(51)62)48-19-7-4-16-44(48)45-17-5-8-20-49(45)59/h1-37H. The first-order valence-corrected chi connectivity index (χ1v) is 22.3. The van der Waals surface area contributed by atoms with Gasteiger partial charge < -0.3 is 4.90 Å². The Morgan fingerprint density at radius 3 is 1.51 bits per heavy atom. The summed E-state index contributed by atoms with van der Waals surface area (Å²) in [4.78, 5) is 12.8. The molecule has 13 rings (SSSR count). The van der Waals surface area contributed by atoms with Gasteiger partial charge in [-0.05, 0) is 87.0 Å². The van der Waals surface area contributed by atoms with Crippen molar-refractivity contribution >= 4 is 48.6 Å². The van der Waals surface area contributed by atoms with E-state index < -0.39 is 5.41 Å². The first-order chi connectivity index (χ1) is 31.2. The number of hydrogen-bond acceptors (Lipinski definition) is 4. The predicted octanol–water partition coefficient (Wildman–Crippen LogP) is 15.7. The molecule has 1 spiro atoms. The van der Waals surface area contributed by atoms with Gasteiger partial charge >= 0.3 is 0 Å². The number of rotatable bonds is 5. The predicted molar refractivity (Wildman–Crippen MR) is 262 cm³/mol. The number of thiophene rings is 1. The minimum absolute atomic E-state index is 0.420. The van der Waals surface area contributed by atoms with Crippen molar-refractivity contribution in [2.75, 3.05) is 4.90 Å². The third-order valence-electron chi connectivity index (χ3n) is 13.1. The maximum atomic E-state index is 5.20. The lowest BCUT2D eigenvalue weighted by Gasteiger charge is -2.45. The summed E-state index contributed by atoms with van der Waals surface area (Å²) in [6, 6.07) is 81.4. The Morgan fingerprint density at radius 2 is 0.841 bits per heavy atom. The summed E-state index contributed by atoms with van der Waals surface area (Å²) in [5.74, 6) is 0.706. The quantitative estimate of drug-likeness (QED) is 0.173. The van der Waals surface area contributed by atoms with Crippen molar-refractivity contribution in [1.82, 2.24) is 9.97 Å². The van der Waals surface area contributed by atoms with E-state index in [1.807, 2.05) is 17.4 Å². The third kappa shape index (κ3) is 5.45. The molecule has 4 heteroatoms. The number of fused-ring (bicyclic) bond motifs is 12. The van der Waals surface area contributed by atoms with Gasteiger partial charge in [0.15, 0.2) is 5.82 Å². The molecule has 3 heterocycles. The Hall–Kier alpha value is -7.92. The summed E-state index contributed by atoms with van der Waals surface area (Å²) in [7, 11) is 0. The Labute approximate surface area is 369 Å². The van der Waals surface area contributed by atoms with Crippen LogP contribution in [0, 0.1) is 0 Å². The second-order valence-corrected chi connectivity index (χ2v) is 17.6. The van der Waals surface area contributed by atoms with E-state index in [1.54, 1.807) is 0 Å². The number of benzene rings is 9. The first-order valence-electron chi connectivity index (χ1n) is 21.5.